The van der Waals surface area contributed by atoms with Crippen LogP contribution in [0.25, 0.3) is 17.2 Å². The summed E-state index contributed by atoms with van der Waals surface area (Å²) in [6.07, 6.45) is 2.51. The van der Waals surface area contributed by atoms with Crippen LogP contribution in [0.4, 0.5) is 0 Å². The zero-order valence-electron chi connectivity index (χ0n) is 18.8. The van der Waals surface area contributed by atoms with Crippen molar-refractivity contribution in [2.24, 2.45) is 0 Å². The van der Waals surface area contributed by atoms with Crippen molar-refractivity contribution >= 4 is 17.4 Å². The minimum atomic E-state index is -0.257. The summed E-state index contributed by atoms with van der Waals surface area (Å²) >= 11 is 1.01. The van der Waals surface area contributed by atoms with E-state index in [4.69, 9.17) is 9.57 Å². The highest BCUT2D eigenvalue weighted by atomic mass is 32.1. The molecular weight excluding hydrogens is 448 g/mol. The Bertz CT molecular complexity index is 1280. The van der Waals surface area contributed by atoms with E-state index < -0.39 is 0 Å². The number of thiazole rings is 1. The molecule has 0 aliphatic rings. The first kappa shape index (κ1) is 23.4. The number of ether oxygens (including phenoxy) is 1. The van der Waals surface area contributed by atoms with Gasteiger partial charge in [-0.2, -0.15) is 0 Å². The van der Waals surface area contributed by atoms with Gasteiger partial charge in [-0.15, -0.1) is 0 Å². The van der Waals surface area contributed by atoms with E-state index in [1.165, 1.54) is 11.1 Å². The Kier molecular flexibility index (Phi) is 7.80. The molecule has 0 spiro atoms. The van der Waals surface area contributed by atoms with Crippen LogP contribution in [0.15, 0.2) is 89.4 Å². The summed E-state index contributed by atoms with van der Waals surface area (Å²) in [5.74, 6) is 0.665. The zero-order chi connectivity index (χ0) is 23.8. The van der Waals surface area contributed by atoms with Gasteiger partial charge in [0.05, 0.1) is 4.88 Å². The number of nitrogens with one attached hydrogen (secondary N) is 2. The second kappa shape index (κ2) is 11.4. The summed E-state index contributed by atoms with van der Waals surface area (Å²) in [5.41, 5.74) is 8.28. The minimum absolute atomic E-state index is 0.0616. The Morgan fingerprint density at radius 1 is 0.971 bits per heavy atom. The number of aromatic hydroxyl groups is 1. The van der Waals surface area contributed by atoms with Crippen LogP contribution < -0.4 is 15.1 Å². The Hall–Kier alpha value is -3.81. The van der Waals surface area contributed by atoms with Gasteiger partial charge in [0.25, 0.3) is 0 Å². The highest BCUT2D eigenvalue weighted by Crippen LogP contribution is 2.22. The summed E-state index contributed by atoms with van der Waals surface area (Å²) in [6, 6.07) is 26.2. The summed E-state index contributed by atoms with van der Waals surface area (Å²) in [6.45, 7) is 2.72. The number of hydrogen-bond donors (Lipinski definition) is 3. The van der Waals surface area contributed by atoms with Gasteiger partial charge in [-0.3, -0.25) is 20.1 Å². The van der Waals surface area contributed by atoms with E-state index in [1.54, 1.807) is 0 Å². The van der Waals surface area contributed by atoms with Crippen molar-refractivity contribution in [1.82, 2.24) is 10.5 Å². The van der Waals surface area contributed by atoms with Crippen molar-refractivity contribution in [2.75, 3.05) is 13.2 Å². The van der Waals surface area contributed by atoms with Crippen LogP contribution in [0.2, 0.25) is 0 Å². The van der Waals surface area contributed by atoms with Gasteiger partial charge in [0.15, 0.2) is 0 Å². The van der Waals surface area contributed by atoms with Crippen LogP contribution in [0, 0.1) is 0 Å². The first-order valence-corrected chi connectivity index (χ1v) is 11.7. The Labute approximate surface area is 202 Å². The Balaban J connectivity index is 1.18. The number of aromatic nitrogens is 1. The topological polar surface area (TPSA) is 83.6 Å². The van der Waals surface area contributed by atoms with Crippen LogP contribution in [-0.2, 0) is 11.3 Å². The van der Waals surface area contributed by atoms with E-state index in [0.717, 1.165) is 33.9 Å². The van der Waals surface area contributed by atoms with Gasteiger partial charge in [-0.25, -0.2) is 0 Å². The molecule has 7 heteroatoms. The first-order chi connectivity index (χ1) is 16.6. The molecular formula is C27H26N2O4S. The van der Waals surface area contributed by atoms with Gasteiger partial charge in [-0.05, 0) is 47.4 Å². The summed E-state index contributed by atoms with van der Waals surface area (Å²) in [5, 5.41) is 9.70. The van der Waals surface area contributed by atoms with Crippen molar-refractivity contribution in [3.63, 3.8) is 0 Å². The van der Waals surface area contributed by atoms with Crippen molar-refractivity contribution in [2.45, 2.75) is 13.3 Å². The van der Waals surface area contributed by atoms with Crippen molar-refractivity contribution < 1.29 is 14.7 Å². The van der Waals surface area contributed by atoms with E-state index in [-0.39, 0.29) is 10.8 Å². The Morgan fingerprint density at radius 2 is 1.68 bits per heavy atom. The first-order valence-electron chi connectivity index (χ1n) is 10.9. The maximum atomic E-state index is 11.3. The second-order valence-electron chi connectivity index (χ2n) is 7.72. The van der Waals surface area contributed by atoms with Gasteiger partial charge in [0.2, 0.25) is 5.88 Å². The maximum Gasteiger partial charge on any atom is 0.307 e. The molecule has 0 saturated heterocycles. The number of hydrogen-bond acceptors (Lipinski definition) is 6. The van der Waals surface area contributed by atoms with Gasteiger partial charge in [0, 0.05) is 12.1 Å². The number of hydroxylamine groups is 1. The molecule has 3 aromatic carbocycles. The Morgan fingerprint density at radius 3 is 2.35 bits per heavy atom. The molecule has 0 bridgehead atoms. The van der Waals surface area contributed by atoms with Crippen molar-refractivity contribution in [1.29, 1.82) is 0 Å². The SMILES string of the molecule is CC(=Cc1ccc(-c2ccccc2)cc1)NOCCOc1ccc(Cc2sc(=O)[nH]c2O)cc1. The molecule has 34 heavy (non-hydrogen) atoms. The van der Waals surface area contributed by atoms with E-state index in [9.17, 15) is 9.90 Å². The average molecular weight is 475 g/mol. The van der Waals surface area contributed by atoms with E-state index in [1.807, 2.05) is 55.5 Å². The lowest BCUT2D eigenvalue weighted by Crippen LogP contribution is -2.17. The van der Waals surface area contributed by atoms with Gasteiger partial charge < -0.3 is 9.84 Å². The second-order valence-corrected chi connectivity index (χ2v) is 8.79. The molecule has 3 N–H and O–H groups in total. The molecule has 0 aliphatic carbocycles. The van der Waals surface area contributed by atoms with Crippen molar-refractivity contribution in [3.05, 3.63) is 110 Å². The molecule has 0 aliphatic heterocycles. The molecule has 0 amide bonds. The number of H-pyrrole nitrogens is 1. The van der Waals surface area contributed by atoms with Gasteiger partial charge >= 0.3 is 4.87 Å². The predicted octanol–water partition coefficient (Wildman–Crippen LogP) is 5.36. The minimum Gasteiger partial charge on any atom is -0.494 e. The summed E-state index contributed by atoms with van der Waals surface area (Å²) in [7, 11) is 0. The lowest BCUT2D eigenvalue weighted by molar-refractivity contribution is 0.0416. The average Bonchev–Trinajstić information content (AvgIpc) is 3.17. The molecule has 174 valence electrons. The molecule has 6 nitrogen and oxygen atoms in total. The fraction of sp³-hybridized carbons (Fsp3) is 0.148. The number of rotatable bonds is 10. The number of aromatic amines is 1. The van der Waals surface area contributed by atoms with Gasteiger partial charge in [-0.1, -0.05) is 78.1 Å². The van der Waals surface area contributed by atoms with E-state index in [2.05, 4.69) is 46.9 Å². The molecule has 0 unspecified atom stereocenters. The van der Waals surface area contributed by atoms with Crippen LogP contribution in [-0.4, -0.2) is 23.3 Å². The summed E-state index contributed by atoms with van der Waals surface area (Å²) in [4.78, 5) is 19.5. The van der Waals surface area contributed by atoms with Crippen molar-refractivity contribution in [3.8, 4) is 22.8 Å². The normalized spacial score (nSPS) is 11.4. The molecule has 0 radical (unpaired) electrons. The molecule has 0 atom stereocenters. The van der Waals surface area contributed by atoms with Crippen LogP contribution in [0.3, 0.4) is 0 Å². The van der Waals surface area contributed by atoms with E-state index in [0.29, 0.717) is 24.5 Å². The zero-order valence-corrected chi connectivity index (χ0v) is 19.6. The monoisotopic (exact) mass is 474 g/mol. The standard InChI is InChI=1S/C27H26N2O4S/c1-19(17-20-7-11-23(12-8-20)22-5-3-2-4-6-22)29-33-16-15-32-24-13-9-21(10-14-24)18-25-26(30)28-27(31)34-25/h2-14,17,29-30H,15-16,18H2,1H3,(H,28,31). The molecule has 0 saturated carbocycles. The highest BCUT2D eigenvalue weighted by molar-refractivity contribution is 7.09. The molecule has 0 fully saturated rings. The molecule has 4 rings (SSSR count). The fourth-order valence-electron chi connectivity index (χ4n) is 3.41. The molecule has 4 aromatic rings. The summed E-state index contributed by atoms with van der Waals surface area (Å²) < 4.78 is 5.71. The smallest absolute Gasteiger partial charge is 0.307 e. The van der Waals surface area contributed by atoms with Crippen LogP contribution in [0.5, 0.6) is 11.6 Å². The number of benzene rings is 3. The third-order valence-electron chi connectivity index (χ3n) is 5.08. The fourth-order valence-corrected chi connectivity index (χ4v) is 4.17. The largest absolute Gasteiger partial charge is 0.494 e. The maximum absolute atomic E-state index is 11.3. The third kappa shape index (κ3) is 6.60. The highest BCUT2D eigenvalue weighted by Gasteiger charge is 2.07. The molecule has 1 aromatic heterocycles. The van der Waals surface area contributed by atoms with E-state index >= 15 is 0 Å². The lowest BCUT2D eigenvalue weighted by atomic mass is 10.0. The van der Waals surface area contributed by atoms with Crippen LogP contribution in [0.1, 0.15) is 22.9 Å². The van der Waals surface area contributed by atoms with Crippen LogP contribution >= 0.6 is 11.3 Å². The number of allylic oxidation sites excluding steroid dienone is 1. The third-order valence-corrected chi connectivity index (χ3v) is 5.95. The predicted molar refractivity (Wildman–Crippen MR) is 136 cm³/mol. The quantitative estimate of drug-likeness (QED) is 0.213. The van der Waals surface area contributed by atoms with Gasteiger partial charge in [0.1, 0.15) is 19.0 Å². The molecule has 1 heterocycles. The lowest BCUT2D eigenvalue weighted by Gasteiger charge is -2.10.